The Morgan fingerprint density at radius 3 is 2.96 bits per heavy atom. The fourth-order valence-electron chi connectivity index (χ4n) is 3.48. The number of esters is 1. The number of carbonyl (C=O) groups is 2. The first-order valence-electron chi connectivity index (χ1n) is 8.37. The van der Waals surface area contributed by atoms with Gasteiger partial charge in [-0.05, 0) is 18.2 Å². The Bertz CT molecular complexity index is 822. The Kier molecular flexibility index (Phi) is 4.19. The standard InChI is InChI=1S/C18H20N2O5/c1-23-18(22)11-2-3-14-12(8-11)13-9-20(5-4-15(13)19-14)17(21)16-10-24-6-7-25-16/h2-3,8,16,19H,4-7,9-10H2,1H3/t16-/m1/s1. The second-order valence-corrected chi connectivity index (χ2v) is 6.28. The van der Waals surface area contributed by atoms with Crippen LogP contribution >= 0.6 is 0 Å². The second-order valence-electron chi connectivity index (χ2n) is 6.28. The molecule has 7 heteroatoms. The van der Waals surface area contributed by atoms with E-state index in [-0.39, 0.29) is 11.9 Å². The van der Waals surface area contributed by atoms with Gasteiger partial charge in [-0.1, -0.05) is 0 Å². The molecule has 2 aliphatic rings. The third-order valence-corrected chi connectivity index (χ3v) is 4.80. The van der Waals surface area contributed by atoms with Crippen LogP contribution in [0.1, 0.15) is 21.6 Å². The highest BCUT2D eigenvalue weighted by atomic mass is 16.6. The van der Waals surface area contributed by atoms with Crippen LogP contribution in [0.15, 0.2) is 18.2 Å². The van der Waals surface area contributed by atoms with Crippen molar-refractivity contribution in [2.24, 2.45) is 0 Å². The minimum absolute atomic E-state index is 0.0381. The third-order valence-electron chi connectivity index (χ3n) is 4.80. The van der Waals surface area contributed by atoms with Crippen LogP contribution < -0.4 is 0 Å². The number of ether oxygens (including phenoxy) is 3. The Hall–Kier alpha value is -2.38. The number of methoxy groups -OCH3 is 1. The SMILES string of the molecule is COC(=O)c1ccc2[nH]c3c(c2c1)CN(C(=O)[C@H]1COCCO1)CC3. The van der Waals surface area contributed by atoms with Crippen molar-refractivity contribution in [2.75, 3.05) is 33.5 Å². The maximum Gasteiger partial charge on any atom is 0.337 e. The number of nitrogens with one attached hydrogen (secondary N) is 1. The van der Waals surface area contributed by atoms with Crippen molar-refractivity contribution >= 4 is 22.8 Å². The molecule has 4 rings (SSSR count). The number of nitrogens with zero attached hydrogens (tertiary/aromatic N) is 1. The van der Waals surface area contributed by atoms with Crippen LogP contribution in [0.5, 0.6) is 0 Å². The molecule has 1 aromatic carbocycles. The largest absolute Gasteiger partial charge is 0.465 e. The van der Waals surface area contributed by atoms with Crippen molar-refractivity contribution in [3.05, 3.63) is 35.0 Å². The number of aromatic amines is 1. The molecule has 25 heavy (non-hydrogen) atoms. The number of fused-ring (bicyclic) bond motifs is 3. The van der Waals surface area contributed by atoms with Crippen LogP contribution in [0, 0.1) is 0 Å². The van der Waals surface area contributed by atoms with Crippen LogP contribution in [-0.4, -0.2) is 61.3 Å². The van der Waals surface area contributed by atoms with E-state index in [0.717, 1.165) is 28.6 Å². The lowest BCUT2D eigenvalue weighted by Gasteiger charge is -2.32. The molecule has 1 atom stereocenters. The lowest BCUT2D eigenvalue weighted by Crippen LogP contribution is -2.46. The normalized spacial score (nSPS) is 20.4. The van der Waals surface area contributed by atoms with Crippen molar-refractivity contribution < 1.29 is 23.8 Å². The number of aromatic nitrogens is 1. The smallest absolute Gasteiger partial charge is 0.337 e. The van der Waals surface area contributed by atoms with Gasteiger partial charge in [0.05, 0.1) is 32.5 Å². The molecular weight excluding hydrogens is 324 g/mol. The predicted octanol–water partition coefficient (Wildman–Crippen LogP) is 1.25. The fourth-order valence-corrected chi connectivity index (χ4v) is 3.48. The van der Waals surface area contributed by atoms with Gasteiger partial charge in [0.15, 0.2) is 6.10 Å². The summed E-state index contributed by atoms with van der Waals surface area (Å²) in [6.45, 7) is 2.43. The number of H-pyrrole nitrogens is 1. The summed E-state index contributed by atoms with van der Waals surface area (Å²) in [5, 5.41) is 0.955. The van der Waals surface area contributed by atoms with Gasteiger partial charge in [-0.25, -0.2) is 4.79 Å². The predicted molar refractivity (Wildman–Crippen MR) is 89.3 cm³/mol. The number of carbonyl (C=O) groups excluding carboxylic acids is 2. The van der Waals surface area contributed by atoms with Gasteiger partial charge >= 0.3 is 5.97 Å². The molecule has 2 aliphatic heterocycles. The van der Waals surface area contributed by atoms with Crippen LogP contribution in [0.4, 0.5) is 0 Å². The molecule has 0 aliphatic carbocycles. The van der Waals surface area contributed by atoms with Crippen LogP contribution in [0.3, 0.4) is 0 Å². The van der Waals surface area contributed by atoms with Crippen molar-refractivity contribution in [1.82, 2.24) is 9.88 Å². The van der Waals surface area contributed by atoms with Gasteiger partial charge in [-0.2, -0.15) is 0 Å². The van der Waals surface area contributed by atoms with E-state index < -0.39 is 6.10 Å². The summed E-state index contributed by atoms with van der Waals surface area (Å²) >= 11 is 0. The molecule has 1 fully saturated rings. The molecule has 7 nitrogen and oxygen atoms in total. The summed E-state index contributed by atoms with van der Waals surface area (Å²) in [6, 6.07) is 5.45. The highest BCUT2D eigenvalue weighted by molar-refractivity contribution is 5.96. The van der Waals surface area contributed by atoms with Crippen molar-refractivity contribution in [3.63, 3.8) is 0 Å². The molecule has 0 unspecified atom stereocenters. The average Bonchev–Trinajstić information content (AvgIpc) is 3.04. The Morgan fingerprint density at radius 1 is 1.32 bits per heavy atom. The van der Waals surface area contributed by atoms with E-state index >= 15 is 0 Å². The molecular formula is C18H20N2O5. The molecule has 0 saturated carbocycles. The first-order chi connectivity index (χ1) is 12.2. The van der Waals surface area contributed by atoms with Gasteiger partial charge in [0, 0.05) is 41.7 Å². The van der Waals surface area contributed by atoms with E-state index in [9.17, 15) is 9.59 Å². The lowest BCUT2D eigenvalue weighted by atomic mass is 10.0. The summed E-state index contributed by atoms with van der Waals surface area (Å²) in [6.07, 6.45) is 0.225. The third kappa shape index (κ3) is 2.89. The summed E-state index contributed by atoms with van der Waals surface area (Å²) < 4.78 is 15.7. The highest BCUT2D eigenvalue weighted by Crippen LogP contribution is 2.29. The monoisotopic (exact) mass is 344 g/mol. The van der Waals surface area contributed by atoms with Crippen molar-refractivity contribution in [2.45, 2.75) is 19.1 Å². The van der Waals surface area contributed by atoms with Crippen LogP contribution in [0.2, 0.25) is 0 Å². The molecule has 3 heterocycles. The van der Waals surface area contributed by atoms with Gasteiger partial charge < -0.3 is 24.1 Å². The zero-order valence-corrected chi connectivity index (χ0v) is 14.0. The molecule has 2 aromatic rings. The van der Waals surface area contributed by atoms with Gasteiger partial charge in [-0.15, -0.1) is 0 Å². The minimum Gasteiger partial charge on any atom is -0.465 e. The second kappa shape index (κ2) is 6.50. The topological polar surface area (TPSA) is 80.9 Å². The molecule has 132 valence electrons. The summed E-state index contributed by atoms with van der Waals surface area (Å²) in [5.41, 5.74) is 3.63. The molecule has 1 saturated heterocycles. The lowest BCUT2D eigenvalue weighted by molar-refractivity contribution is -0.158. The zero-order chi connectivity index (χ0) is 17.4. The first kappa shape index (κ1) is 16.1. The molecule has 0 bridgehead atoms. The van der Waals surface area contributed by atoms with Crippen LogP contribution in [-0.2, 0) is 32.0 Å². The minimum atomic E-state index is -0.522. The van der Waals surface area contributed by atoms with Gasteiger partial charge in [0.1, 0.15) is 0 Å². The Labute approximate surface area is 144 Å². The van der Waals surface area contributed by atoms with Crippen molar-refractivity contribution in [3.8, 4) is 0 Å². The molecule has 1 aromatic heterocycles. The molecule has 0 spiro atoms. The van der Waals surface area contributed by atoms with Gasteiger partial charge in [0.2, 0.25) is 0 Å². The van der Waals surface area contributed by atoms with E-state index in [1.54, 1.807) is 11.0 Å². The zero-order valence-electron chi connectivity index (χ0n) is 14.0. The number of hydrogen-bond acceptors (Lipinski definition) is 5. The van der Waals surface area contributed by atoms with Crippen molar-refractivity contribution in [1.29, 1.82) is 0 Å². The Morgan fingerprint density at radius 2 is 2.20 bits per heavy atom. The maximum atomic E-state index is 12.7. The quantitative estimate of drug-likeness (QED) is 0.830. The van der Waals surface area contributed by atoms with E-state index in [0.29, 0.717) is 38.5 Å². The molecule has 1 N–H and O–H groups in total. The first-order valence-corrected chi connectivity index (χ1v) is 8.37. The summed E-state index contributed by atoms with van der Waals surface area (Å²) in [4.78, 5) is 29.7. The number of amides is 1. The van der Waals surface area contributed by atoms with E-state index in [1.165, 1.54) is 7.11 Å². The highest BCUT2D eigenvalue weighted by Gasteiger charge is 2.31. The molecule has 0 radical (unpaired) electrons. The summed E-state index contributed by atoms with van der Waals surface area (Å²) in [5.74, 6) is -0.405. The van der Waals surface area contributed by atoms with E-state index in [2.05, 4.69) is 4.98 Å². The fraction of sp³-hybridized carbons (Fsp3) is 0.444. The average molecular weight is 344 g/mol. The van der Waals surface area contributed by atoms with Gasteiger partial charge in [-0.3, -0.25) is 4.79 Å². The van der Waals surface area contributed by atoms with E-state index in [4.69, 9.17) is 14.2 Å². The van der Waals surface area contributed by atoms with E-state index in [1.807, 2.05) is 12.1 Å². The maximum absolute atomic E-state index is 12.7. The number of benzene rings is 1. The van der Waals surface area contributed by atoms with Crippen LogP contribution in [0.25, 0.3) is 10.9 Å². The molecule has 1 amide bonds. The number of rotatable bonds is 2. The van der Waals surface area contributed by atoms with Gasteiger partial charge in [0.25, 0.3) is 5.91 Å². The summed E-state index contributed by atoms with van der Waals surface area (Å²) in [7, 11) is 1.37. The number of hydrogen-bond donors (Lipinski definition) is 1. The Balaban J connectivity index is 1.62.